The van der Waals surface area contributed by atoms with Gasteiger partial charge >= 0.3 is 0 Å². The van der Waals surface area contributed by atoms with Gasteiger partial charge in [0.2, 0.25) is 0 Å². The molecule has 0 unspecified atom stereocenters. The van der Waals surface area contributed by atoms with Crippen LogP contribution in [0, 0.1) is 0 Å². The lowest BCUT2D eigenvalue weighted by Crippen LogP contribution is -2.14. The molecule has 0 amide bonds. The van der Waals surface area contributed by atoms with Crippen LogP contribution in [0.1, 0.15) is 25.0 Å². The second-order valence-electron chi connectivity index (χ2n) is 18.2. The van der Waals surface area contributed by atoms with Crippen molar-refractivity contribution in [2.45, 2.75) is 19.3 Å². The number of para-hydroxylation sites is 2. The van der Waals surface area contributed by atoms with Crippen LogP contribution >= 0.6 is 0 Å². The maximum Gasteiger partial charge on any atom is 0.160 e. The van der Waals surface area contributed by atoms with Crippen molar-refractivity contribution in [1.29, 1.82) is 0 Å². The third-order valence-corrected chi connectivity index (χ3v) is 14.0. The highest BCUT2D eigenvalue weighted by molar-refractivity contribution is 6.10. The first-order chi connectivity index (χ1) is 32.4. The maximum absolute atomic E-state index is 5.32. The van der Waals surface area contributed by atoms with E-state index >= 15 is 0 Å². The quantitative estimate of drug-likeness (QED) is 0.167. The minimum Gasteiger partial charge on any atom is -0.309 e. The highest BCUT2D eigenvalue weighted by Gasteiger charge is 2.37. The minimum absolute atomic E-state index is 0.150. The van der Waals surface area contributed by atoms with Crippen LogP contribution in [0.3, 0.4) is 0 Å². The zero-order valence-electron chi connectivity index (χ0n) is 36.7. The average molecular weight is 842 g/mol. The van der Waals surface area contributed by atoms with E-state index in [0.717, 1.165) is 33.8 Å². The standard InChI is InChI=1S/C63H43N3/c1-63(2)55-22-13-21-53(61(55)54-36-43-16-9-10-17-44(43)37-56(54)63)58-39-57(64-62(65-58)42-14-5-3-6-15-42)49-31-30-46-34-45(28-29-47(46)35-49)40-24-26-41(27-25-40)48-32-33-52-51-20-11-12-23-59(51)66(60(52)38-48)50-18-7-4-8-19-50/h3-39H,1-2H3. The fourth-order valence-corrected chi connectivity index (χ4v) is 10.6. The molecule has 2 heterocycles. The van der Waals surface area contributed by atoms with Gasteiger partial charge in [0, 0.05) is 38.6 Å². The summed E-state index contributed by atoms with van der Waals surface area (Å²) in [6.45, 7) is 4.70. The molecule has 13 rings (SSSR count). The molecule has 1 aliphatic carbocycles. The summed E-state index contributed by atoms with van der Waals surface area (Å²) in [5, 5.41) is 7.39. The fourth-order valence-electron chi connectivity index (χ4n) is 10.6. The summed E-state index contributed by atoms with van der Waals surface area (Å²) in [6, 6.07) is 81.4. The van der Waals surface area contributed by atoms with E-state index in [1.165, 1.54) is 87.9 Å². The Bertz CT molecular complexity index is 3880. The van der Waals surface area contributed by atoms with Crippen LogP contribution in [0.5, 0.6) is 0 Å². The second kappa shape index (κ2) is 14.8. The molecule has 0 saturated heterocycles. The van der Waals surface area contributed by atoms with E-state index in [1.54, 1.807) is 0 Å². The molecule has 0 saturated carbocycles. The summed E-state index contributed by atoms with van der Waals surface area (Å²) in [5.41, 5.74) is 18.4. The molecule has 0 bridgehead atoms. The topological polar surface area (TPSA) is 30.7 Å². The molecule has 66 heavy (non-hydrogen) atoms. The molecule has 12 aromatic rings. The zero-order chi connectivity index (χ0) is 43.9. The van der Waals surface area contributed by atoms with Gasteiger partial charge in [0.1, 0.15) is 0 Å². The van der Waals surface area contributed by atoms with Crippen LogP contribution in [0.15, 0.2) is 224 Å². The van der Waals surface area contributed by atoms with Crippen molar-refractivity contribution in [3.05, 3.63) is 236 Å². The number of fused-ring (bicyclic) bond motifs is 8. The van der Waals surface area contributed by atoms with Gasteiger partial charge in [-0.3, -0.25) is 0 Å². The normalized spacial score (nSPS) is 12.8. The van der Waals surface area contributed by atoms with Crippen molar-refractivity contribution in [3.8, 4) is 73.0 Å². The lowest BCUT2D eigenvalue weighted by molar-refractivity contribution is 0.661. The number of nitrogens with zero attached hydrogens (tertiary/aromatic N) is 3. The Hall–Kier alpha value is -8.40. The van der Waals surface area contributed by atoms with Gasteiger partial charge in [-0.2, -0.15) is 0 Å². The molecule has 0 N–H and O–H groups in total. The zero-order valence-corrected chi connectivity index (χ0v) is 36.7. The number of rotatable bonds is 6. The Morgan fingerprint density at radius 1 is 0.348 bits per heavy atom. The fraction of sp³-hybridized carbons (Fsp3) is 0.0476. The van der Waals surface area contributed by atoms with Crippen LogP contribution < -0.4 is 0 Å². The van der Waals surface area contributed by atoms with E-state index < -0.39 is 0 Å². The molecule has 2 aromatic heterocycles. The molecule has 1 aliphatic rings. The Labute approximate surface area is 384 Å². The summed E-state index contributed by atoms with van der Waals surface area (Å²) in [5.74, 6) is 0.717. The molecule has 0 atom stereocenters. The monoisotopic (exact) mass is 841 g/mol. The van der Waals surface area contributed by atoms with E-state index in [2.05, 4.69) is 237 Å². The highest BCUT2D eigenvalue weighted by atomic mass is 15.0. The first-order valence-corrected chi connectivity index (χ1v) is 22.8. The SMILES string of the molecule is CC1(C)c2cc3ccccc3cc2-c2c(-c3cc(-c4ccc5cc(-c6ccc(-c7ccc8c9ccccc9n(-c9ccccc9)c8c7)cc6)ccc5c4)nc(-c4ccccc4)n3)cccc21. The summed E-state index contributed by atoms with van der Waals surface area (Å²) in [6.07, 6.45) is 0. The summed E-state index contributed by atoms with van der Waals surface area (Å²) in [7, 11) is 0. The van der Waals surface area contributed by atoms with Gasteiger partial charge in [0.15, 0.2) is 5.82 Å². The third kappa shape index (κ3) is 6.12. The number of hydrogen-bond acceptors (Lipinski definition) is 2. The number of benzene rings is 10. The lowest BCUT2D eigenvalue weighted by Gasteiger charge is -2.22. The van der Waals surface area contributed by atoms with Gasteiger partial charge in [-0.15, -0.1) is 0 Å². The maximum atomic E-state index is 5.32. The molecule has 3 heteroatoms. The summed E-state index contributed by atoms with van der Waals surface area (Å²) in [4.78, 5) is 10.6. The van der Waals surface area contributed by atoms with Crippen molar-refractivity contribution in [2.75, 3.05) is 0 Å². The third-order valence-electron chi connectivity index (χ3n) is 14.0. The largest absolute Gasteiger partial charge is 0.309 e. The Morgan fingerprint density at radius 2 is 0.924 bits per heavy atom. The first-order valence-electron chi connectivity index (χ1n) is 22.8. The van der Waals surface area contributed by atoms with Gasteiger partial charge in [-0.25, -0.2) is 9.97 Å². The highest BCUT2D eigenvalue weighted by Crippen LogP contribution is 2.53. The average Bonchev–Trinajstić information content (AvgIpc) is 3.83. The van der Waals surface area contributed by atoms with E-state index in [4.69, 9.17) is 9.97 Å². The van der Waals surface area contributed by atoms with Crippen molar-refractivity contribution in [3.63, 3.8) is 0 Å². The van der Waals surface area contributed by atoms with Gasteiger partial charge in [0.25, 0.3) is 0 Å². The first kappa shape index (κ1) is 38.1. The minimum atomic E-state index is -0.150. The van der Waals surface area contributed by atoms with E-state index in [1.807, 2.05) is 6.07 Å². The summed E-state index contributed by atoms with van der Waals surface area (Å²) >= 11 is 0. The second-order valence-corrected chi connectivity index (χ2v) is 18.2. The van der Waals surface area contributed by atoms with Gasteiger partial charge < -0.3 is 4.57 Å². The molecule has 3 nitrogen and oxygen atoms in total. The van der Waals surface area contributed by atoms with Gasteiger partial charge in [-0.05, 0) is 121 Å². The predicted molar refractivity (Wildman–Crippen MR) is 276 cm³/mol. The van der Waals surface area contributed by atoms with E-state index in [-0.39, 0.29) is 5.41 Å². The summed E-state index contributed by atoms with van der Waals surface area (Å²) < 4.78 is 2.38. The Kier molecular flexibility index (Phi) is 8.56. The Morgan fingerprint density at radius 3 is 1.70 bits per heavy atom. The van der Waals surface area contributed by atoms with Gasteiger partial charge in [-0.1, -0.05) is 184 Å². The van der Waals surface area contributed by atoms with Crippen molar-refractivity contribution >= 4 is 43.4 Å². The van der Waals surface area contributed by atoms with Crippen LogP contribution in [0.4, 0.5) is 0 Å². The van der Waals surface area contributed by atoms with E-state index in [9.17, 15) is 0 Å². The van der Waals surface area contributed by atoms with Crippen LogP contribution in [0.2, 0.25) is 0 Å². The van der Waals surface area contributed by atoms with Gasteiger partial charge in [0.05, 0.1) is 22.4 Å². The molecule has 310 valence electrons. The Balaban J connectivity index is 0.859. The molecule has 0 fully saturated rings. The lowest BCUT2D eigenvalue weighted by atomic mass is 9.81. The van der Waals surface area contributed by atoms with Crippen molar-refractivity contribution in [2.24, 2.45) is 0 Å². The smallest absolute Gasteiger partial charge is 0.160 e. The molecular weight excluding hydrogens is 799 g/mol. The molecular formula is C63H43N3. The molecule has 0 radical (unpaired) electrons. The molecule has 0 spiro atoms. The van der Waals surface area contributed by atoms with Crippen molar-refractivity contribution < 1.29 is 0 Å². The van der Waals surface area contributed by atoms with Crippen molar-refractivity contribution in [1.82, 2.24) is 14.5 Å². The van der Waals surface area contributed by atoms with Crippen LogP contribution in [0.25, 0.3) is 116 Å². The van der Waals surface area contributed by atoms with Crippen LogP contribution in [-0.4, -0.2) is 14.5 Å². The van der Waals surface area contributed by atoms with Crippen LogP contribution in [-0.2, 0) is 5.41 Å². The van der Waals surface area contributed by atoms with E-state index in [0.29, 0.717) is 5.82 Å². The predicted octanol–water partition coefficient (Wildman–Crippen LogP) is 16.5. The number of aromatic nitrogens is 3. The molecule has 10 aromatic carbocycles. The molecule has 0 aliphatic heterocycles. The number of hydrogen-bond donors (Lipinski definition) is 0.